The van der Waals surface area contributed by atoms with E-state index in [-0.39, 0.29) is 0 Å². The highest BCUT2D eigenvalue weighted by atomic mass is 14.9. The van der Waals surface area contributed by atoms with Gasteiger partial charge in [-0.25, -0.2) is 0 Å². The molecule has 1 nitrogen and oxygen atoms in total. The minimum atomic E-state index is 0.409. The van der Waals surface area contributed by atoms with Crippen LogP contribution in [0.1, 0.15) is 54.4 Å². The highest BCUT2D eigenvalue weighted by molar-refractivity contribution is 4.91. The zero-order valence-corrected chi connectivity index (χ0v) is 10.8. The second-order valence-corrected chi connectivity index (χ2v) is 7.10. The molecule has 0 aromatic heterocycles. The van der Waals surface area contributed by atoms with Crippen LogP contribution in [0, 0.1) is 16.7 Å². The highest BCUT2D eigenvalue weighted by Crippen LogP contribution is 2.40. The van der Waals surface area contributed by atoms with Crippen LogP contribution in [0.25, 0.3) is 0 Å². The van der Waals surface area contributed by atoms with E-state index in [0.29, 0.717) is 10.8 Å². The van der Waals surface area contributed by atoms with Crippen LogP contribution in [-0.2, 0) is 0 Å². The zero-order valence-electron chi connectivity index (χ0n) is 10.8. The molecule has 1 rings (SSSR count). The molecule has 1 aliphatic carbocycles. The number of hydrogen-bond acceptors (Lipinski definition) is 1. The summed E-state index contributed by atoms with van der Waals surface area (Å²) in [5.74, 6) is 0.840. The van der Waals surface area contributed by atoms with E-state index in [1.807, 2.05) is 0 Å². The van der Waals surface area contributed by atoms with Gasteiger partial charge in [-0.05, 0) is 29.6 Å². The second kappa shape index (κ2) is 3.84. The lowest BCUT2D eigenvalue weighted by molar-refractivity contribution is 0.319. The Morgan fingerprint density at radius 3 is 2.14 bits per heavy atom. The molecule has 1 aliphatic rings. The van der Waals surface area contributed by atoms with Gasteiger partial charge < -0.3 is 5.32 Å². The van der Waals surface area contributed by atoms with E-state index in [1.54, 1.807) is 0 Å². The van der Waals surface area contributed by atoms with Crippen LogP contribution in [0.15, 0.2) is 0 Å². The SMILES string of the molecule is CC1CC(C)(C)CC1NCC(C)(C)C. The average molecular weight is 197 g/mol. The summed E-state index contributed by atoms with van der Waals surface area (Å²) >= 11 is 0. The van der Waals surface area contributed by atoms with Crippen molar-refractivity contribution in [3.8, 4) is 0 Å². The summed E-state index contributed by atoms with van der Waals surface area (Å²) in [5, 5.41) is 3.73. The molecule has 0 radical (unpaired) electrons. The first-order valence-electron chi connectivity index (χ1n) is 5.93. The van der Waals surface area contributed by atoms with Crippen molar-refractivity contribution in [2.45, 2.75) is 60.4 Å². The Labute approximate surface area is 89.7 Å². The first-order valence-corrected chi connectivity index (χ1v) is 5.93. The molecule has 0 saturated heterocycles. The summed E-state index contributed by atoms with van der Waals surface area (Å²) in [4.78, 5) is 0. The van der Waals surface area contributed by atoms with Crippen LogP contribution in [0.4, 0.5) is 0 Å². The minimum absolute atomic E-state index is 0.409. The predicted octanol–water partition coefficient (Wildman–Crippen LogP) is 3.45. The molecule has 1 heteroatoms. The summed E-state index contributed by atoms with van der Waals surface area (Å²) in [6.07, 6.45) is 2.71. The number of rotatable bonds is 2. The van der Waals surface area contributed by atoms with Gasteiger partial charge in [0, 0.05) is 12.6 Å². The third kappa shape index (κ3) is 3.61. The Kier molecular flexibility index (Phi) is 3.30. The molecule has 2 unspecified atom stereocenters. The fraction of sp³-hybridized carbons (Fsp3) is 1.00. The van der Waals surface area contributed by atoms with Crippen molar-refractivity contribution < 1.29 is 0 Å². The molecule has 0 heterocycles. The fourth-order valence-corrected chi connectivity index (χ4v) is 2.60. The van der Waals surface area contributed by atoms with E-state index in [4.69, 9.17) is 0 Å². The normalized spacial score (nSPS) is 32.1. The smallest absolute Gasteiger partial charge is 0.00982 e. The van der Waals surface area contributed by atoms with Gasteiger partial charge in [-0.3, -0.25) is 0 Å². The molecular weight excluding hydrogens is 170 g/mol. The van der Waals surface area contributed by atoms with Crippen molar-refractivity contribution in [3.05, 3.63) is 0 Å². The summed E-state index contributed by atoms with van der Waals surface area (Å²) in [7, 11) is 0. The summed E-state index contributed by atoms with van der Waals surface area (Å²) in [5.41, 5.74) is 0.960. The lowest BCUT2D eigenvalue weighted by Crippen LogP contribution is -2.37. The number of nitrogens with one attached hydrogen (secondary N) is 1. The number of hydrogen-bond donors (Lipinski definition) is 1. The van der Waals surface area contributed by atoms with Gasteiger partial charge >= 0.3 is 0 Å². The van der Waals surface area contributed by atoms with E-state index < -0.39 is 0 Å². The second-order valence-electron chi connectivity index (χ2n) is 7.10. The van der Waals surface area contributed by atoms with Crippen molar-refractivity contribution in [2.24, 2.45) is 16.7 Å². The van der Waals surface area contributed by atoms with Crippen molar-refractivity contribution in [2.75, 3.05) is 6.54 Å². The van der Waals surface area contributed by atoms with Crippen LogP contribution in [0.3, 0.4) is 0 Å². The molecule has 0 aliphatic heterocycles. The molecule has 0 aromatic carbocycles. The third-order valence-electron chi connectivity index (χ3n) is 3.23. The molecule has 0 spiro atoms. The largest absolute Gasteiger partial charge is 0.313 e. The first-order chi connectivity index (χ1) is 6.20. The van der Waals surface area contributed by atoms with Gasteiger partial charge in [0.05, 0.1) is 0 Å². The summed E-state index contributed by atoms with van der Waals surface area (Å²) < 4.78 is 0. The van der Waals surface area contributed by atoms with Gasteiger partial charge in [-0.2, -0.15) is 0 Å². The van der Waals surface area contributed by atoms with E-state index >= 15 is 0 Å². The van der Waals surface area contributed by atoms with Crippen LogP contribution < -0.4 is 5.32 Å². The first kappa shape index (κ1) is 12.0. The molecule has 0 aromatic rings. The third-order valence-corrected chi connectivity index (χ3v) is 3.23. The molecule has 84 valence electrons. The standard InChI is InChI=1S/C13H27N/c1-10-7-13(5,6)8-11(10)14-9-12(2,3)4/h10-11,14H,7-9H2,1-6H3. The van der Waals surface area contributed by atoms with E-state index in [0.717, 1.165) is 18.5 Å². The topological polar surface area (TPSA) is 12.0 Å². The van der Waals surface area contributed by atoms with Crippen LogP contribution >= 0.6 is 0 Å². The molecular formula is C13H27N. The maximum absolute atomic E-state index is 3.73. The molecule has 14 heavy (non-hydrogen) atoms. The molecule has 0 amide bonds. The maximum Gasteiger partial charge on any atom is 0.00982 e. The molecule has 1 N–H and O–H groups in total. The lowest BCUT2D eigenvalue weighted by Gasteiger charge is -2.25. The van der Waals surface area contributed by atoms with E-state index in [2.05, 4.69) is 46.9 Å². The lowest BCUT2D eigenvalue weighted by atomic mass is 9.91. The van der Waals surface area contributed by atoms with Gasteiger partial charge in [-0.15, -0.1) is 0 Å². The van der Waals surface area contributed by atoms with Gasteiger partial charge in [-0.1, -0.05) is 41.5 Å². The van der Waals surface area contributed by atoms with Gasteiger partial charge in [0.25, 0.3) is 0 Å². The van der Waals surface area contributed by atoms with Crippen LogP contribution in [0.5, 0.6) is 0 Å². The van der Waals surface area contributed by atoms with Crippen molar-refractivity contribution >= 4 is 0 Å². The summed E-state index contributed by atoms with van der Waals surface area (Å²) in [6, 6.07) is 0.740. The minimum Gasteiger partial charge on any atom is -0.313 e. The van der Waals surface area contributed by atoms with Crippen molar-refractivity contribution in [3.63, 3.8) is 0 Å². The predicted molar refractivity (Wildman–Crippen MR) is 63.4 cm³/mol. The Morgan fingerprint density at radius 2 is 1.79 bits per heavy atom. The van der Waals surface area contributed by atoms with Gasteiger partial charge in [0.2, 0.25) is 0 Å². The van der Waals surface area contributed by atoms with Crippen LogP contribution in [0.2, 0.25) is 0 Å². The molecule has 0 bridgehead atoms. The molecule has 1 fully saturated rings. The highest BCUT2D eigenvalue weighted by Gasteiger charge is 2.36. The van der Waals surface area contributed by atoms with Crippen LogP contribution in [-0.4, -0.2) is 12.6 Å². The Hall–Kier alpha value is -0.0400. The van der Waals surface area contributed by atoms with Crippen molar-refractivity contribution in [1.82, 2.24) is 5.32 Å². The van der Waals surface area contributed by atoms with E-state index in [1.165, 1.54) is 12.8 Å². The van der Waals surface area contributed by atoms with E-state index in [9.17, 15) is 0 Å². The Balaban J connectivity index is 2.40. The Bertz CT molecular complexity index is 188. The average Bonchev–Trinajstić information content (AvgIpc) is 2.19. The Morgan fingerprint density at radius 1 is 1.21 bits per heavy atom. The zero-order chi connectivity index (χ0) is 11.0. The monoisotopic (exact) mass is 197 g/mol. The van der Waals surface area contributed by atoms with Gasteiger partial charge in [0.15, 0.2) is 0 Å². The fourth-order valence-electron chi connectivity index (χ4n) is 2.60. The van der Waals surface area contributed by atoms with Gasteiger partial charge in [0.1, 0.15) is 0 Å². The molecule has 1 saturated carbocycles. The maximum atomic E-state index is 3.73. The summed E-state index contributed by atoms with van der Waals surface area (Å²) in [6.45, 7) is 15.2. The van der Waals surface area contributed by atoms with Crippen molar-refractivity contribution in [1.29, 1.82) is 0 Å². The molecule has 2 atom stereocenters. The quantitative estimate of drug-likeness (QED) is 0.715.